The molecule has 4 rings (SSSR count). The van der Waals surface area contributed by atoms with Gasteiger partial charge in [0.15, 0.2) is 0 Å². The van der Waals surface area contributed by atoms with Gasteiger partial charge in [-0.1, -0.05) is 61.9 Å². The summed E-state index contributed by atoms with van der Waals surface area (Å²) in [7, 11) is -3.89. The van der Waals surface area contributed by atoms with Gasteiger partial charge in [-0.15, -0.1) is 11.3 Å². The molecule has 0 spiro atoms. The summed E-state index contributed by atoms with van der Waals surface area (Å²) in [4.78, 5) is 34.4. The first-order valence-corrected chi connectivity index (χ1v) is 15.5. The van der Waals surface area contributed by atoms with Crippen molar-refractivity contribution in [3.8, 4) is 0 Å². The lowest BCUT2D eigenvalue weighted by atomic mass is 9.98. The van der Waals surface area contributed by atoms with Gasteiger partial charge in [0.25, 0.3) is 21.6 Å². The van der Waals surface area contributed by atoms with Gasteiger partial charge in [-0.3, -0.25) is 18.3 Å². The smallest absolute Gasteiger partial charge is 0.264 e. The van der Waals surface area contributed by atoms with Crippen LogP contribution in [-0.2, 0) is 20.8 Å². The highest BCUT2D eigenvalue weighted by Crippen LogP contribution is 2.31. The molecule has 40 heavy (non-hydrogen) atoms. The van der Waals surface area contributed by atoms with Crippen molar-refractivity contribution in [2.75, 3.05) is 19.4 Å². The monoisotopic (exact) mass is 585 g/mol. The van der Waals surface area contributed by atoms with Crippen molar-refractivity contribution in [3.63, 3.8) is 0 Å². The summed E-state index contributed by atoms with van der Waals surface area (Å²) in [6.07, 6.45) is -0.973. The fourth-order valence-electron chi connectivity index (χ4n) is 4.55. The quantitative estimate of drug-likeness (QED) is 0.231. The molecule has 2 aromatic heterocycles. The number of amides is 1. The number of alkyl halides is 1. The largest absolute Gasteiger partial charge is 0.325 e. The Balaban J connectivity index is 1.86. The third-order valence-corrected chi connectivity index (χ3v) is 7.82. The number of hydrogen-bond acceptors (Lipinski definition) is 7. The molecule has 0 N–H and O–H groups in total. The van der Waals surface area contributed by atoms with Crippen molar-refractivity contribution < 1.29 is 21.8 Å². The van der Waals surface area contributed by atoms with Crippen molar-refractivity contribution >= 4 is 37.6 Å². The van der Waals surface area contributed by atoms with E-state index in [1.54, 1.807) is 40.3 Å². The van der Waals surface area contributed by atoms with Crippen LogP contribution >= 0.6 is 11.3 Å². The Morgan fingerprint density at radius 3 is 2.40 bits per heavy atom. The number of carbonyl (C=O) groups is 1. The Kier molecular flexibility index (Phi) is 9.17. The highest BCUT2D eigenvalue weighted by atomic mass is 32.2. The van der Waals surface area contributed by atoms with Crippen molar-refractivity contribution in [2.24, 2.45) is 5.92 Å². The summed E-state index contributed by atoms with van der Waals surface area (Å²) in [6.45, 7) is 4.64. The van der Waals surface area contributed by atoms with E-state index in [-0.39, 0.29) is 18.0 Å². The molecule has 0 aliphatic carbocycles. The Bertz CT molecular complexity index is 1630. The van der Waals surface area contributed by atoms with Gasteiger partial charge in [-0.2, -0.15) is 8.42 Å². The molecule has 0 fully saturated rings. The first-order valence-electron chi connectivity index (χ1n) is 12.8. The minimum absolute atomic E-state index is 0.208. The standard InChI is InChI=1S/C29H32FN3O5S2/c1-19(2)25(26-31-27-24(14-15-39-27)29(35)33(26)16-21-8-6-5-7-9-21)32(17-23(30)18-38-40(4,36)37)28(34)22-12-10-20(3)11-13-22/h5-15,19,23,25H,16-18H2,1-4H3. The van der Waals surface area contributed by atoms with Gasteiger partial charge >= 0.3 is 0 Å². The molecular weight excluding hydrogens is 553 g/mol. The van der Waals surface area contributed by atoms with Crippen molar-refractivity contribution in [3.05, 3.63) is 98.9 Å². The molecule has 0 aliphatic rings. The third kappa shape index (κ3) is 7.01. The molecule has 8 nitrogen and oxygen atoms in total. The summed E-state index contributed by atoms with van der Waals surface area (Å²) in [5, 5.41) is 2.25. The lowest BCUT2D eigenvalue weighted by molar-refractivity contribution is 0.0487. The van der Waals surface area contributed by atoms with Crippen molar-refractivity contribution in [1.29, 1.82) is 0 Å². The maximum atomic E-state index is 15.3. The SMILES string of the molecule is Cc1ccc(C(=O)N(CC(F)COS(C)(=O)=O)C(c2nc3sccc3c(=O)n2Cc2ccccc2)C(C)C)cc1. The van der Waals surface area contributed by atoms with Gasteiger partial charge in [-0.25, -0.2) is 9.37 Å². The molecule has 212 valence electrons. The average molecular weight is 586 g/mol. The number of thiophene rings is 1. The van der Waals surface area contributed by atoms with Gasteiger partial charge in [0.2, 0.25) is 0 Å². The summed E-state index contributed by atoms with van der Waals surface area (Å²) in [5.41, 5.74) is 1.90. The van der Waals surface area contributed by atoms with Crippen LogP contribution in [0.25, 0.3) is 10.2 Å². The molecule has 11 heteroatoms. The van der Waals surface area contributed by atoms with E-state index < -0.39 is 41.4 Å². The van der Waals surface area contributed by atoms with Crippen LogP contribution in [0, 0.1) is 12.8 Å². The second kappa shape index (κ2) is 12.4. The van der Waals surface area contributed by atoms with E-state index in [0.29, 0.717) is 21.6 Å². The number of hydrogen-bond donors (Lipinski definition) is 0. The van der Waals surface area contributed by atoms with E-state index in [0.717, 1.165) is 17.4 Å². The Morgan fingerprint density at radius 2 is 1.77 bits per heavy atom. The Hall–Kier alpha value is -3.41. The van der Waals surface area contributed by atoms with Crippen LogP contribution in [-0.4, -0.2) is 54.4 Å². The Morgan fingerprint density at radius 1 is 1.10 bits per heavy atom. The molecule has 1 amide bonds. The van der Waals surface area contributed by atoms with E-state index in [1.807, 2.05) is 51.1 Å². The number of halogens is 1. The van der Waals surface area contributed by atoms with E-state index in [4.69, 9.17) is 9.17 Å². The zero-order chi connectivity index (χ0) is 29.0. The number of aromatic nitrogens is 2. The van der Waals surface area contributed by atoms with Gasteiger partial charge in [0, 0.05) is 5.56 Å². The summed E-state index contributed by atoms with van der Waals surface area (Å²) in [6, 6.07) is 17.2. The first kappa shape index (κ1) is 29.6. The summed E-state index contributed by atoms with van der Waals surface area (Å²) >= 11 is 1.31. The molecular formula is C29H32FN3O5S2. The average Bonchev–Trinajstić information content (AvgIpc) is 3.38. The molecule has 0 saturated carbocycles. The van der Waals surface area contributed by atoms with E-state index in [1.165, 1.54) is 16.2 Å². The lowest BCUT2D eigenvalue weighted by Crippen LogP contribution is -2.45. The van der Waals surface area contributed by atoms with Gasteiger partial charge < -0.3 is 4.90 Å². The van der Waals surface area contributed by atoms with Gasteiger partial charge in [0.1, 0.15) is 16.8 Å². The van der Waals surface area contributed by atoms with Crippen LogP contribution in [0.15, 0.2) is 70.8 Å². The maximum absolute atomic E-state index is 15.3. The second-order valence-corrected chi connectivity index (χ2v) is 12.6. The number of carbonyl (C=O) groups excluding carboxylic acids is 1. The highest BCUT2D eigenvalue weighted by Gasteiger charge is 2.35. The minimum atomic E-state index is -3.89. The maximum Gasteiger partial charge on any atom is 0.264 e. The van der Waals surface area contributed by atoms with E-state index >= 15 is 4.39 Å². The first-order chi connectivity index (χ1) is 18.9. The third-order valence-electron chi connectivity index (χ3n) is 6.45. The van der Waals surface area contributed by atoms with Crippen LogP contribution in [0.1, 0.15) is 47.2 Å². The fourth-order valence-corrected chi connectivity index (χ4v) is 5.71. The lowest BCUT2D eigenvalue weighted by Gasteiger charge is -2.36. The number of rotatable bonds is 11. The fraction of sp³-hybridized carbons (Fsp3) is 0.345. The van der Waals surface area contributed by atoms with Crippen LogP contribution in [0.3, 0.4) is 0 Å². The Labute approximate surface area is 237 Å². The van der Waals surface area contributed by atoms with Gasteiger partial charge in [-0.05, 0) is 42.0 Å². The topological polar surface area (TPSA) is 98.6 Å². The number of nitrogens with zero attached hydrogens (tertiary/aromatic N) is 3. The van der Waals surface area contributed by atoms with Gasteiger partial charge in [0.05, 0.1) is 37.4 Å². The van der Waals surface area contributed by atoms with Crippen molar-refractivity contribution in [1.82, 2.24) is 14.5 Å². The van der Waals surface area contributed by atoms with Crippen LogP contribution < -0.4 is 5.56 Å². The predicted octanol–water partition coefficient (Wildman–Crippen LogP) is 4.97. The van der Waals surface area contributed by atoms with E-state index in [2.05, 4.69) is 0 Å². The normalized spacial score (nSPS) is 13.4. The molecule has 2 aromatic carbocycles. The molecule has 2 heterocycles. The van der Waals surface area contributed by atoms with Crippen LogP contribution in [0.2, 0.25) is 0 Å². The van der Waals surface area contributed by atoms with Crippen molar-refractivity contribution in [2.45, 2.75) is 39.5 Å². The number of aryl methyl sites for hydroxylation is 1. The highest BCUT2D eigenvalue weighted by molar-refractivity contribution is 7.85. The predicted molar refractivity (Wildman–Crippen MR) is 155 cm³/mol. The zero-order valence-corrected chi connectivity index (χ0v) is 24.4. The summed E-state index contributed by atoms with van der Waals surface area (Å²) in [5.74, 6) is -0.424. The molecule has 2 atom stereocenters. The molecule has 0 saturated heterocycles. The molecule has 4 aromatic rings. The molecule has 2 unspecified atom stereocenters. The minimum Gasteiger partial charge on any atom is -0.325 e. The second-order valence-electron chi connectivity index (χ2n) is 10.1. The number of fused-ring (bicyclic) bond motifs is 1. The van der Waals surface area contributed by atoms with Crippen LogP contribution in [0.4, 0.5) is 4.39 Å². The molecule has 0 radical (unpaired) electrons. The zero-order valence-electron chi connectivity index (χ0n) is 22.8. The molecule has 0 aliphatic heterocycles. The number of benzene rings is 2. The molecule has 0 bridgehead atoms. The van der Waals surface area contributed by atoms with Crippen LogP contribution in [0.5, 0.6) is 0 Å². The van der Waals surface area contributed by atoms with E-state index in [9.17, 15) is 18.0 Å². The summed E-state index contributed by atoms with van der Waals surface area (Å²) < 4.78 is 44.6.